The second-order valence-electron chi connectivity index (χ2n) is 4.48. The van der Waals surface area contributed by atoms with E-state index in [2.05, 4.69) is 27.4 Å². The van der Waals surface area contributed by atoms with Crippen LogP contribution in [0.1, 0.15) is 12.5 Å². The van der Waals surface area contributed by atoms with Crippen LogP contribution in [-0.4, -0.2) is 45.6 Å². The fraction of sp³-hybridized carbons (Fsp3) is 0.417. The van der Waals surface area contributed by atoms with Gasteiger partial charge in [-0.1, -0.05) is 23.8 Å². The van der Waals surface area contributed by atoms with Crippen LogP contribution in [0.2, 0.25) is 0 Å². The summed E-state index contributed by atoms with van der Waals surface area (Å²) in [6.45, 7) is 4.08. The van der Waals surface area contributed by atoms with E-state index in [0.717, 1.165) is 11.0 Å². The molecular formula is C12H16AuN6S+. The van der Waals surface area contributed by atoms with Crippen LogP contribution in [-0.2, 0) is 35.0 Å². The second-order valence-corrected chi connectivity index (χ2v) is 4.85. The zero-order valence-electron chi connectivity index (χ0n) is 11.7. The monoisotopic (exact) mass is 473 g/mol. The minimum absolute atomic E-state index is 0. The third-order valence-electron chi connectivity index (χ3n) is 3.08. The van der Waals surface area contributed by atoms with Gasteiger partial charge in [0.1, 0.15) is 6.17 Å². The first-order chi connectivity index (χ1) is 8.99. The van der Waals surface area contributed by atoms with Gasteiger partial charge in [0.15, 0.2) is 0 Å². The zero-order chi connectivity index (χ0) is 14.0. The number of fused-ring (bicyclic) bond motifs is 1. The van der Waals surface area contributed by atoms with E-state index in [9.17, 15) is 0 Å². The van der Waals surface area contributed by atoms with Crippen LogP contribution >= 0.6 is 0 Å². The maximum atomic E-state index is 4.91. The van der Waals surface area contributed by atoms with Crippen molar-refractivity contribution in [3.63, 3.8) is 0 Å². The molecule has 3 rings (SSSR count). The summed E-state index contributed by atoms with van der Waals surface area (Å²) in [6.07, 6.45) is 0.317. The smallest absolute Gasteiger partial charge is 0.741 e. The maximum Gasteiger partial charge on any atom is 3.00 e. The Kier molecular flexibility index (Phi) is 5.94. The molecule has 0 spiro atoms. The molecule has 8 heteroatoms. The molecule has 0 saturated carbocycles. The number of aromatic nitrogens is 3. The van der Waals surface area contributed by atoms with Gasteiger partial charge in [-0.15, -0.1) is 0 Å². The van der Waals surface area contributed by atoms with Crippen LogP contribution in [0.3, 0.4) is 0 Å². The van der Waals surface area contributed by atoms with Gasteiger partial charge in [0.25, 0.3) is 0 Å². The van der Waals surface area contributed by atoms with E-state index in [1.54, 1.807) is 0 Å². The molecule has 0 radical (unpaired) electrons. The van der Waals surface area contributed by atoms with Crippen molar-refractivity contribution in [3.8, 4) is 0 Å². The molecule has 0 saturated heterocycles. The Morgan fingerprint density at radius 3 is 2.50 bits per heavy atom. The molecule has 0 fully saturated rings. The summed E-state index contributed by atoms with van der Waals surface area (Å²) in [5.74, 6) is 0. The minimum Gasteiger partial charge on any atom is -0.741 e. The van der Waals surface area contributed by atoms with Crippen LogP contribution in [0, 0.1) is 6.92 Å². The molecule has 0 amide bonds. The zero-order valence-corrected chi connectivity index (χ0v) is 14.7. The van der Waals surface area contributed by atoms with Crippen molar-refractivity contribution in [2.24, 2.45) is 5.10 Å². The molecule has 1 aromatic heterocycles. The third kappa shape index (κ3) is 3.69. The standard InChI is InChI=1S/C7H6N3.C5H11N3S.Au/c1-5-2-3-6-7(4-5)9-10-8-6;1-4-7(2)5(9)6-8(4)3;/h2-4H,1H3;4H,1-3H3,(H,6,9);/q-1;;+3/p-1. The van der Waals surface area contributed by atoms with Crippen LogP contribution in [0.15, 0.2) is 23.3 Å². The summed E-state index contributed by atoms with van der Waals surface area (Å²) < 4.78 is 0. The summed E-state index contributed by atoms with van der Waals surface area (Å²) >= 11 is 4.91. The molecule has 1 atom stereocenters. The number of amidine groups is 1. The molecule has 1 aromatic carbocycles. The molecular weight excluding hydrogens is 457 g/mol. The Bertz CT molecular complexity index is 598. The molecule has 0 N–H and O–H groups in total. The fourth-order valence-corrected chi connectivity index (χ4v) is 1.90. The van der Waals surface area contributed by atoms with Crippen LogP contribution in [0.4, 0.5) is 0 Å². The van der Waals surface area contributed by atoms with Gasteiger partial charge >= 0.3 is 22.4 Å². The number of aryl methyl sites for hydroxylation is 1. The summed E-state index contributed by atoms with van der Waals surface area (Å²) in [5, 5.41) is 17.7. The Morgan fingerprint density at radius 2 is 2.00 bits per heavy atom. The molecule has 1 aliphatic heterocycles. The number of nitrogens with zero attached hydrogens (tertiary/aromatic N) is 6. The molecule has 20 heavy (non-hydrogen) atoms. The first kappa shape index (κ1) is 16.9. The van der Waals surface area contributed by atoms with Crippen molar-refractivity contribution >= 4 is 28.8 Å². The Hall–Kier alpha value is -1.15. The summed E-state index contributed by atoms with van der Waals surface area (Å²) in [4.78, 5) is 1.95. The number of rotatable bonds is 0. The van der Waals surface area contributed by atoms with Gasteiger partial charge < -0.3 is 27.7 Å². The number of hydrogen-bond acceptors (Lipinski definition) is 6. The molecule has 6 nitrogen and oxygen atoms in total. The Labute approximate surface area is 139 Å². The Balaban J connectivity index is 0.000000192. The normalized spacial score (nSPS) is 17.4. The van der Waals surface area contributed by atoms with E-state index in [4.69, 9.17) is 12.6 Å². The van der Waals surface area contributed by atoms with Crippen molar-refractivity contribution < 1.29 is 22.4 Å². The molecule has 1 aliphatic rings. The van der Waals surface area contributed by atoms with Crippen LogP contribution in [0.25, 0.3) is 11.0 Å². The maximum absolute atomic E-state index is 4.91. The predicted octanol–water partition coefficient (Wildman–Crippen LogP) is 0.920. The fourth-order valence-electron chi connectivity index (χ4n) is 1.62. The van der Waals surface area contributed by atoms with E-state index in [1.165, 1.54) is 5.56 Å². The van der Waals surface area contributed by atoms with Crippen molar-refractivity contribution in [3.05, 3.63) is 23.8 Å². The van der Waals surface area contributed by atoms with Crippen molar-refractivity contribution in [1.82, 2.24) is 25.3 Å². The number of hydrogen-bond donors (Lipinski definition) is 0. The second kappa shape index (κ2) is 7.03. The van der Waals surface area contributed by atoms with Gasteiger partial charge in [0, 0.05) is 19.3 Å². The van der Waals surface area contributed by atoms with Gasteiger partial charge in [-0.3, -0.25) is 10.2 Å². The van der Waals surface area contributed by atoms with E-state index in [-0.39, 0.29) is 22.4 Å². The van der Waals surface area contributed by atoms with E-state index < -0.39 is 0 Å². The molecule has 2 heterocycles. The minimum atomic E-state index is 0. The van der Waals surface area contributed by atoms with Gasteiger partial charge in [-0.2, -0.15) is 5.10 Å². The molecule has 0 aliphatic carbocycles. The van der Waals surface area contributed by atoms with Crippen LogP contribution < -0.4 is 5.10 Å². The Morgan fingerprint density at radius 1 is 1.30 bits per heavy atom. The van der Waals surface area contributed by atoms with E-state index in [1.807, 2.05) is 49.1 Å². The SMILES string of the molecule is CC1N(C)N=C([S-])N1C.Cc1ccc2[n-]nnc2c1.[Au+3]. The summed E-state index contributed by atoms with van der Waals surface area (Å²) in [5.41, 5.74) is 2.93. The topological polar surface area (TPSA) is 58.7 Å². The molecule has 1 unspecified atom stereocenters. The van der Waals surface area contributed by atoms with Crippen molar-refractivity contribution in [2.45, 2.75) is 20.0 Å². The van der Waals surface area contributed by atoms with E-state index in [0.29, 0.717) is 11.3 Å². The average Bonchev–Trinajstić information content (AvgIpc) is 2.91. The average molecular weight is 473 g/mol. The molecule has 110 valence electrons. The summed E-state index contributed by atoms with van der Waals surface area (Å²) in [7, 11) is 3.86. The van der Waals surface area contributed by atoms with Crippen molar-refractivity contribution in [1.29, 1.82) is 0 Å². The summed E-state index contributed by atoms with van der Waals surface area (Å²) in [6, 6.07) is 5.89. The predicted molar refractivity (Wildman–Crippen MR) is 77.4 cm³/mol. The van der Waals surface area contributed by atoms with E-state index >= 15 is 0 Å². The quantitative estimate of drug-likeness (QED) is 0.419. The molecule has 2 aromatic rings. The van der Waals surface area contributed by atoms with Crippen LogP contribution in [0.5, 0.6) is 0 Å². The third-order valence-corrected chi connectivity index (χ3v) is 3.45. The largest absolute Gasteiger partial charge is 3.00 e. The van der Waals surface area contributed by atoms with Gasteiger partial charge in [-0.25, -0.2) is 0 Å². The molecule has 0 bridgehead atoms. The van der Waals surface area contributed by atoms with Gasteiger partial charge in [0.05, 0.1) is 0 Å². The number of benzene rings is 1. The number of hydrazone groups is 1. The van der Waals surface area contributed by atoms with Gasteiger partial charge in [0.2, 0.25) is 0 Å². The van der Waals surface area contributed by atoms with Crippen molar-refractivity contribution in [2.75, 3.05) is 14.1 Å². The van der Waals surface area contributed by atoms with Gasteiger partial charge in [-0.05, 0) is 24.9 Å². The first-order valence-corrected chi connectivity index (χ1v) is 6.33. The first-order valence-electron chi connectivity index (χ1n) is 5.92.